The summed E-state index contributed by atoms with van der Waals surface area (Å²) in [5.41, 5.74) is 10.3. The van der Waals surface area contributed by atoms with Crippen molar-refractivity contribution in [2.75, 3.05) is 16.8 Å². The van der Waals surface area contributed by atoms with Crippen molar-refractivity contribution in [2.24, 2.45) is 0 Å². The van der Waals surface area contributed by atoms with Gasteiger partial charge in [0.1, 0.15) is 28.5 Å². The van der Waals surface area contributed by atoms with Gasteiger partial charge in [0, 0.05) is 33.7 Å². The molecule has 3 N–H and O–H groups in total. The van der Waals surface area contributed by atoms with Gasteiger partial charge in [0.25, 0.3) is 0 Å². The number of benzene rings is 2. The Balaban J connectivity index is 1.47. The second kappa shape index (κ2) is 11.9. The largest absolute Gasteiger partial charge is 0.383 e. The van der Waals surface area contributed by atoms with E-state index in [1.807, 2.05) is 47.8 Å². The van der Waals surface area contributed by atoms with Gasteiger partial charge in [-0.1, -0.05) is 61.0 Å². The van der Waals surface area contributed by atoms with E-state index in [-0.39, 0.29) is 29.3 Å². The topological polar surface area (TPSA) is 128 Å². The van der Waals surface area contributed by atoms with Crippen LogP contribution < -0.4 is 11.1 Å². The van der Waals surface area contributed by atoms with Crippen molar-refractivity contribution >= 4 is 51.6 Å². The Bertz CT molecular complexity index is 1540. The standard InChI is InChI=1S/C27H21ClN6OS2/c1-2-16-7-9-17(10-8-16)24-19(13-29)25(31)34-26(20(24)14-30)36-12-11-23(35)33-27-32-22(15-37-27)18-5-3-4-6-21(18)28/h3-10,15H,2,11-12H2,1H3,(H2,31,34)(H,32,33,35). The van der Waals surface area contributed by atoms with E-state index in [1.165, 1.54) is 23.1 Å². The Morgan fingerprint density at radius 1 is 1.11 bits per heavy atom. The van der Waals surface area contributed by atoms with Gasteiger partial charge in [-0.3, -0.25) is 4.79 Å². The molecule has 0 aliphatic rings. The fourth-order valence-corrected chi connectivity index (χ4v) is 5.54. The summed E-state index contributed by atoms with van der Waals surface area (Å²) < 4.78 is 0. The number of aryl methyl sites for hydroxylation is 1. The van der Waals surface area contributed by atoms with Gasteiger partial charge in [-0.15, -0.1) is 23.1 Å². The van der Waals surface area contributed by atoms with Crippen molar-refractivity contribution in [3.63, 3.8) is 0 Å². The summed E-state index contributed by atoms with van der Waals surface area (Å²) in [6.07, 6.45) is 1.04. The molecule has 0 saturated carbocycles. The fraction of sp³-hybridized carbons (Fsp3) is 0.148. The van der Waals surface area contributed by atoms with Gasteiger partial charge in [-0.2, -0.15) is 10.5 Å². The van der Waals surface area contributed by atoms with E-state index < -0.39 is 0 Å². The Labute approximate surface area is 227 Å². The number of hydrogen-bond donors (Lipinski definition) is 2. The minimum absolute atomic E-state index is 0.0536. The molecule has 2 heterocycles. The smallest absolute Gasteiger partial charge is 0.226 e. The molecule has 1 amide bonds. The number of nitrogens with one attached hydrogen (secondary N) is 1. The third-order valence-corrected chi connectivity index (χ3v) is 7.60. The number of aromatic nitrogens is 2. The van der Waals surface area contributed by atoms with Gasteiger partial charge < -0.3 is 11.1 Å². The summed E-state index contributed by atoms with van der Waals surface area (Å²) in [5, 5.41) is 25.7. The van der Waals surface area contributed by atoms with E-state index in [0.717, 1.165) is 23.1 Å². The Hall–Kier alpha value is -3.89. The monoisotopic (exact) mass is 544 g/mol. The summed E-state index contributed by atoms with van der Waals surface area (Å²) >= 11 is 8.80. The first-order valence-electron chi connectivity index (χ1n) is 11.3. The lowest BCUT2D eigenvalue weighted by atomic mass is 9.96. The van der Waals surface area contributed by atoms with Gasteiger partial charge >= 0.3 is 0 Å². The molecule has 0 aliphatic carbocycles. The van der Waals surface area contributed by atoms with Crippen molar-refractivity contribution in [1.82, 2.24) is 9.97 Å². The van der Waals surface area contributed by atoms with E-state index >= 15 is 0 Å². The van der Waals surface area contributed by atoms with Crippen molar-refractivity contribution in [1.29, 1.82) is 10.5 Å². The van der Waals surface area contributed by atoms with Crippen molar-refractivity contribution in [3.8, 4) is 34.5 Å². The first-order valence-corrected chi connectivity index (χ1v) is 13.6. The van der Waals surface area contributed by atoms with E-state index in [4.69, 9.17) is 17.3 Å². The van der Waals surface area contributed by atoms with Crippen LogP contribution in [0.5, 0.6) is 0 Å². The molecular weight excluding hydrogens is 524 g/mol. The first-order chi connectivity index (χ1) is 17.9. The molecule has 37 heavy (non-hydrogen) atoms. The van der Waals surface area contributed by atoms with Crippen LogP contribution in [0.15, 0.2) is 58.9 Å². The number of amides is 1. The van der Waals surface area contributed by atoms with E-state index in [2.05, 4.69) is 34.3 Å². The SMILES string of the molecule is CCc1ccc(-c2c(C#N)c(N)nc(SCCC(=O)Nc3nc(-c4ccccc4Cl)cs3)c2C#N)cc1. The van der Waals surface area contributed by atoms with Crippen LogP contribution in [-0.2, 0) is 11.2 Å². The highest BCUT2D eigenvalue weighted by atomic mass is 35.5. The Morgan fingerprint density at radius 2 is 1.84 bits per heavy atom. The molecule has 0 aliphatic heterocycles. The molecule has 0 unspecified atom stereocenters. The number of hydrogen-bond acceptors (Lipinski definition) is 8. The second-order valence-corrected chi connectivity index (χ2v) is 10.2. The predicted molar refractivity (Wildman–Crippen MR) is 149 cm³/mol. The van der Waals surface area contributed by atoms with Crippen LogP contribution in [0.2, 0.25) is 5.02 Å². The van der Waals surface area contributed by atoms with E-state index in [1.54, 1.807) is 6.07 Å². The lowest BCUT2D eigenvalue weighted by molar-refractivity contribution is -0.115. The molecule has 0 bridgehead atoms. The highest BCUT2D eigenvalue weighted by Crippen LogP contribution is 2.36. The van der Waals surface area contributed by atoms with Crippen LogP contribution in [0.1, 0.15) is 30.0 Å². The van der Waals surface area contributed by atoms with Gasteiger partial charge in [0.2, 0.25) is 5.91 Å². The zero-order valence-corrected chi connectivity index (χ0v) is 22.2. The lowest BCUT2D eigenvalue weighted by Crippen LogP contribution is -2.12. The minimum atomic E-state index is -0.219. The molecule has 0 atom stereocenters. The molecule has 2 aromatic carbocycles. The highest BCUT2D eigenvalue weighted by Gasteiger charge is 2.21. The van der Waals surface area contributed by atoms with Crippen LogP contribution in [0.4, 0.5) is 10.9 Å². The number of rotatable bonds is 8. The minimum Gasteiger partial charge on any atom is -0.383 e. The number of halogens is 1. The molecule has 0 spiro atoms. The van der Waals surface area contributed by atoms with E-state index in [0.29, 0.717) is 32.2 Å². The number of nitriles is 2. The van der Waals surface area contributed by atoms with Crippen LogP contribution in [0.25, 0.3) is 22.4 Å². The van der Waals surface area contributed by atoms with Crippen LogP contribution in [0.3, 0.4) is 0 Å². The summed E-state index contributed by atoms with van der Waals surface area (Å²) in [5.74, 6) is 0.191. The molecule has 7 nitrogen and oxygen atoms in total. The molecule has 0 fully saturated rings. The number of pyridine rings is 1. The predicted octanol–water partition coefficient (Wildman–Crippen LogP) is 6.53. The van der Waals surface area contributed by atoms with Gasteiger partial charge in [-0.25, -0.2) is 9.97 Å². The van der Waals surface area contributed by atoms with Gasteiger partial charge in [0.05, 0.1) is 11.3 Å². The third-order valence-electron chi connectivity index (χ3n) is 5.53. The Morgan fingerprint density at radius 3 is 2.51 bits per heavy atom. The maximum atomic E-state index is 12.5. The van der Waals surface area contributed by atoms with Gasteiger partial charge in [-0.05, 0) is 23.6 Å². The molecule has 4 rings (SSSR count). The van der Waals surface area contributed by atoms with Crippen LogP contribution in [-0.4, -0.2) is 21.6 Å². The van der Waals surface area contributed by atoms with Crippen molar-refractivity contribution in [2.45, 2.75) is 24.8 Å². The average molecular weight is 545 g/mol. The number of thiazole rings is 1. The maximum absolute atomic E-state index is 12.5. The molecule has 4 aromatic rings. The molecule has 10 heteroatoms. The lowest BCUT2D eigenvalue weighted by Gasteiger charge is -2.13. The van der Waals surface area contributed by atoms with Gasteiger partial charge in [0.15, 0.2) is 5.13 Å². The summed E-state index contributed by atoms with van der Waals surface area (Å²) in [4.78, 5) is 21.3. The molecular formula is C27H21ClN6OS2. The first kappa shape index (κ1) is 26.2. The third kappa shape index (κ3) is 5.92. The summed E-state index contributed by atoms with van der Waals surface area (Å²) in [6, 6.07) is 19.3. The van der Waals surface area contributed by atoms with Crippen LogP contribution >= 0.6 is 34.7 Å². The second-order valence-electron chi connectivity index (χ2n) is 7.87. The quantitative estimate of drug-likeness (QED) is 0.241. The number of thioether (sulfide) groups is 1. The zero-order valence-electron chi connectivity index (χ0n) is 19.8. The number of anilines is 2. The van der Waals surface area contributed by atoms with Crippen molar-refractivity contribution < 1.29 is 4.79 Å². The molecule has 0 radical (unpaired) electrons. The number of nitrogens with zero attached hydrogens (tertiary/aromatic N) is 4. The normalized spacial score (nSPS) is 10.5. The van der Waals surface area contributed by atoms with E-state index in [9.17, 15) is 15.3 Å². The van der Waals surface area contributed by atoms with Crippen LogP contribution in [0, 0.1) is 22.7 Å². The summed E-state index contributed by atoms with van der Waals surface area (Å²) in [7, 11) is 0. The maximum Gasteiger partial charge on any atom is 0.226 e. The molecule has 184 valence electrons. The number of nitrogens with two attached hydrogens (primary N) is 1. The summed E-state index contributed by atoms with van der Waals surface area (Å²) in [6.45, 7) is 2.05. The molecule has 2 aromatic heterocycles. The molecule has 0 saturated heterocycles. The zero-order chi connectivity index (χ0) is 26.4. The number of carbonyl (C=O) groups excluding carboxylic acids is 1. The highest BCUT2D eigenvalue weighted by molar-refractivity contribution is 7.99. The number of carbonyl (C=O) groups is 1. The fourth-order valence-electron chi connectivity index (χ4n) is 3.64. The average Bonchev–Trinajstić information content (AvgIpc) is 3.36. The Kier molecular flexibility index (Phi) is 8.42. The number of nitrogen functional groups attached to an aromatic ring is 1. The van der Waals surface area contributed by atoms with Crippen molar-refractivity contribution in [3.05, 3.63) is 75.6 Å².